The lowest BCUT2D eigenvalue weighted by atomic mass is 9.85. The molecule has 0 aromatic carbocycles. The highest BCUT2D eigenvalue weighted by molar-refractivity contribution is 7.13. The summed E-state index contributed by atoms with van der Waals surface area (Å²) in [5, 5.41) is 2.78. The third-order valence-corrected chi connectivity index (χ3v) is 4.61. The molecule has 3 heterocycles. The van der Waals surface area contributed by atoms with E-state index in [0.29, 0.717) is 5.59 Å². The van der Waals surface area contributed by atoms with Crippen molar-refractivity contribution < 1.29 is 9.31 Å². The highest BCUT2D eigenvalue weighted by atomic mass is 32.1. The summed E-state index contributed by atoms with van der Waals surface area (Å²) in [5.41, 5.74) is 0.713. The van der Waals surface area contributed by atoms with E-state index in [1.54, 1.807) is 18.6 Å². The normalized spacial score (nSPS) is 20.3. The van der Waals surface area contributed by atoms with Crippen molar-refractivity contribution >= 4 is 24.0 Å². The van der Waals surface area contributed by atoms with Gasteiger partial charge in [0.2, 0.25) is 0 Å². The number of hydrogen-bond donors (Lipinski definition) is 0. The molecule has 1 aliphatic rings. The van der Waals surface area contributed by atoms with Crippen LogP contribution in [-0.4, -0.2) is 33.3 Å². The Morgan fingerprint density at radius 1 is 1.00 bits per heavy atom. The fourth-order valence-electron chi connectivity index (χ4n) is 1.88. The molecule has 2 aromatic heterocycles. The van der Waals surface area contributed by atoms with Gasteiger partial charge in [-0.1, -0.05) is 0 Å². The average Bonchev–Trinajstić information content (AvgIpc) is 2.97. The zero-order valence-corrected chi connectivity index (χ0v) is 12.8. The molecule has 0 unspecified atom stereocenters. The van der Waals surface area contributed by atoms with Gasteiger partial charge in [0.25, 0.3) is 0 Å². The minimum Gasteiger partial charge on any atom is -0.398 e. The van der Waals surface area contributed by atoms with Crippen molar-refractivity contribution in [3.63, 3.8) is 0 Å². The van der Waals surface area contributed by atoms with E-state index >= 15 is 0 Å². The molecule has 3 rings (SSSR count). The van der Waals surface area contributed by atoms with E-state index in [2.05, 4.69) is 15.0 Å². The van der Waals surface area contributed by atoms with E-state index in [-0.39, 0.29) is 11.2 Å². The van der Waals surface area contributed by atoms with Crippen LogP contribution in [0.1, 0.15) is 27.7 Å². The van der Waals surface area contributed by atoms with Crippen LogP contribution >= 0.6 is 11.3 Å². The van der Waals surface area contributed by atoms with Crippen LogP contribution in [0.3, 0.4) is 0 Å². The Balaban J connectivity index is 1.83. The molecule has 104 valence electrons. The summed E-state index contributed by atoms with van der Waals surface area (Å²) in [7, 11) is -0.474. The van der Waals surface area contributed by atoms with Crippen LogP contribution in [0.5, 0.6) is 0 Å². The Hall–Kier alpha value is -1.31. The number of rotatable bonds is 2. The summed E-state index contributed by atoms with van der Waals surface area (Å²) in [4.78, 5) is 13.0. The fourth-order valence-corrected chi connectivity index (χ4v) is 2.48. The molecule has 1 aliphatic heterocycles. The van der Waals surface area contributed by atoms with Gasteiger partial charge in [-0.3, -0.25) is 9.97 Å². The molecule has 1 fully saturated rings. The maximum atomic E-state index is 5.94. The Kier molecular flexibility index (Phi) is 3.15. The summed E-state index contributed by atoms with van der Waals surface area (Å²) >= 11 is 1.54. The maximum absolute atomic E-state index is 5.94. The van der Waals surface area contributed by atoms with E-state index < -0.39 is 7.12 Å². The van der Waals surface area contributed by atoms with Crippen molar-refractivity contribution in [2.75, 3.05) is 0 Å². The fraction of sp³-hybridized carbons (Fsp3) is 0.462. The monoisotopic (exact) mass is 289 g/mol. The minimum atomic E-state index is -0.474. The second kappa shape index (κ2) is 4.61. The molecule has 20 heavy (non-hydrogen) atoms. The molecule has 0 atom stereocenters. The molecule has 0 spiro atoms. The van der Waals surface area contributed by atoms with Gasteiger partial charge in [-0.2, -0.15) is 0 Å². The molecule has 7 heteroatoms. The second-order valence-electron chi connectivity index (χ2n) is 5.75. The van der Waals surface area contributed by atoms with Crippen molar-refractivity contribution in [1.82, 2.24) is 15.0 Å². The van der Waals surface area contributed by atoms with Gasteiger partial charge in [-0.25, -0.2) is 4.98 Å². The maximum Gasteiger partial charge on any atom is 0.516 e. The number of nitrogens with zero attached hydrogens (tertiary/aromatic N) is 3. The van der Waals surface area contributed by atoms with Crippen LogP contribution in [0.25, 0.3) is 10.7 Å². The zero-order valence-electron chi connectivity index (χ0n) is 12.0. The lowest BCUT2D eigenvalue weighted by Crippen LogP contribution is -2.41. The average molecular weight is 289 g/mol. The quantitative estimate of drug-likeness (QED) is 0.790. The number of thiazole rings is 1. The Bertz CT molecular complexity index is 583. The molecule has 1 saturated heterocycles. The van der Waals surface area contributed by atoms with Crippen LogP contribution in [-0.2, 0) is 9.31 Å². The second-order valence-corrected chi connectivity index (χ2v) is 6.65. The topological polar surface area (TPSA) is 57.1 Å². The van der Waals surface area contributed by atoms with Gasteiger partial charge < -0.3 is 9.31 Å². The molecular weight excluding hydrogens is 273 g/mol. The summed E-state index contributed by atoms with van der Waals surface area (Å²) in [5.74, 6) is 0. The van der Waals surface area contributed by atoms with Crippen molar-refractivity contribution in [3.05, 3.63) is 24.0 Å². The Morgan fingerprint density at radius 2 is 1.70 bits per heavy atom. The van der Waals surface area contributed by atoms with Gasteiger partial charge in [-0.05, 0) is 27.7 Å². The predicted molar refractivity (Wildman–Crippen MR) is 78.9 cm³/mol. The summed E-state index contributed by atoms with van der Waals surface area (Å²) in [6.07, 6.45) is 5.15. The standard InChI is InChI=1S/C13H16BN3O2S/c1-12(2)13(3,4)19-14(18-12)10-8-16-9(7-17-10)11-15-5-6-20-11/h5-8H,1-4H3. The summed E-state index contributed by atoms with van der Waals surface area (Å²) < 4.78 is 11.9. The zero-order chi connectivity index (χ0) is 14.4. The molecule has 0 radical (unpaired) electrons. The third-order valence-electron chi connectivity index (χ3n) is 3.82. The van der Waals surface area contributed by atoms with Crippen LogP contribution in [0.4, 0.5) is 0 Å². The molecule has 0 aliphatic carbocycles. The van der Waals surface area contributed by atoms with Crippen LogP contribution in [0, 0.1) is 0 Å². The Morgan fingerprint density at radius 3 is 2.20 bits per heavy atom. The van der Waals surface area contributed by atoms with Gasteiger partial charge in [0, 0.05) is 17.8 Å². The van der Waals surface area contributed by atoms with Crippen LogP contribution in [0.2, 0.25) is 0 Å². The smallest absolute Gasteiger partial charge is 0.398 e. The number of aromatic nitrogens is 3. The molecular formula is C13H16BN3O2S. The molecule has 0 saturated carbocycles. The van der Waals surface area contributed by atoms with Crippen LogP contribution in [0.15, 0.2) is 24.0 Å². The van der Waals surface area contributed by atoms with E-state index in [1.165, 1.54) is 11.3 Å². The van der Waals surface area contributed by atoms with Gasteiger partial charge in [-0.15, -0.1) is 11.3 Å². The molecule has 0 amide bonds. The summed E-state index contributed by atoms with van der Waals surface area (Å²) in [6.45, 7) is 8.07. The van der Waals surface area contributed by atoms with Crippen molar-refractivity contribution in [2.24, 2.45) is 0 Å². The van der Waals surface area contributed by atoms with Gasteiger partial charge in [0.15, 0.2) is 0 Å². The lowest BCUT2D eigenvalue weighted by Gasteiger charge is -2.32. The van der Waals surface area contributed by atoms with Gasteiger partial charge in [0.1, 0.15) is 10.7 Å². The van der Waals surface area contributed by atoms with Gasteiger partial charge >= 0.3 is 7.12 Å². The lowest BCUT2D eigenvalue weighted by molar-refractivity contribution is 0.00578. The molecule has 2 aromatic rings. The van der Waals surface area contributed by atoms with Gasteiger partial charge in [0.05, 0.1) is 23.0 Å². The molecule has 5 nitrogen and oxygen atoms in total. The predicted octanol–water partition coefficient (Wildman–Crippen LogP) is 1.90. The van der Waals surface area contributed by atoms with Crippen LogP contribution < -0.4 is 5.59 Å². The minimum absolute atomic E-state index is 0.368. The first kappa shape index (κ1) is 13.7. The largest absolute Gasteiger partial charge is 0.516 e. The third kappa shape index (κ3) is 2.26. The first-order valence-corrected chi connectivity index (χ1v) is 7.34. The van der Waals surface area contributed by atoms with E-state index in [9.17, 15) is 0 Å². The highest BCUT2D eigenvalue weighted by Gasteiger charge is 2.52. The first-order valence-electron chi connectivity index (χ1n) is 6.46. The molecule has 0 N–H and O–H groups in total. The SMILES string of the molecule is CC1(C)OB(c2cnc(-c3nccs3)cn2)OC1(C)C. The first-order chi connectivity index (χ1) is 9.39. The van der Waals surface area contributed by atoms with E-state index in [1.807, 2.05) is 33.1 Å². The van der Waals surface area contributed by atoms with E-state index in [0.717, 1.165) is 10.7 Å². The number of hydrogen-bond acceptors (Lipinski definition) is 6. The van der Waals surface area contributed by atoms with Crippen molar-refractivity contribution in [1.29, 1.82) is 0 Å². The molecule has 0 bridgehead atoms. The van der Waals surface area contributed by atoms with Crippen molar-refractivity contribution in [2.45, 2.75) is 38.9 Å². The van der Waals surface area contributed by atoms with E-state index in [4.69, 9.17) is 9.31 Å². The highest BCUT2D eigenvalue weighted by Crippen LogP contribution is 2.36. The summed E-state index contributed by atoms with van der Waals surface area (Å²) in [6, 6.07) is 0. The van der Waals surface area contributed by atoms with Crippen molar-refractivity contribution in [3.8, 4) is 10.7 Å². The Labute approximate surface area is 122 Å².